The van der Waals surface area contributed by atoms with E-state index >= 15 is 0 Å². The number of carbonyl (C=O) groups excluding carboxylic acids is 2. The molecule has 0 heterocycles. The molecule has 152 valence electrons. The van der Waals surface area contributed by atoms with Crippen LogP contribution in [-0.4, -0.2) is 23.6 Å². The maximum absolute atomic E-state index is 11.8. The van der Waals surface area contributed by atoms with E-state index in [9.17, 15) is 9.59 Å². The van der Waals surface area contributed by atoms with Crippen molar-refractivity contribution in [2.45, 2.75) is 83.8 Å². The summed E-state index contributed by atoms with van der Waals surface area (Å²) in [5.41, 5.74) is 0.644. The van der Waals surface area contributed by atoms with Crippen LogP contribution in [0.25, 0.3) is 0 Å². The molecule has 0 radical (unpaired) electrons. The van der Waals surface area contributed by atoms with Gasteiger partial charge in [0.25, 0.3) is 0 Å². The van der Waals surface area contributed by atoms with Crippen LogP contribution in [-0.2, 0) is 19.1 Å². The summed E-state index contributed by atoms with van der Waals surface area (Å²) in [6, 6.07) is 0. The average Bonchev–Trinajstić information content (AvgIpc) is 2.93. The molecule has 0 aromatic carbocycles. The number of esters is 2. The van der Waals surface area contributed by atoms with Gasteiger partial charge in [-0.1, -0.05) is 18.4 Å². The molecule has 0 spiro atoms. The van der Waals surface area contributed by atoms with Gasteiger partial charge in [0.15, 0.2) is 5.60 Å². The normalized spacial score (nSPS) is 44.2. The van der Waals surface area contributed by atoms with Crippen LogP contribution in [0.15, 0.2) is 11.6 Å². The quantitative estimate of drug-likeness (QED) is 0.402. The van der Waals surface area contributed by atoms with Crippen molar-refractivity contribution in [3.63, 3.8) is 0 Å². The van der Waals surface area contributed by atoms with Crippen molar-refractivity contribution < 1.29 is 19.1 Å². The Morgan fingerprint density at radius 3 is 2.54 bits per heavy atom. The summed E-state index contributed by atoms with van der Waals surface area (Å²) in [4.78, 5) is 23.1. The Kier molecular flexibility index (Phi) is 4.84. The Balaban J connectivity index is 1.57. The third-order valence-corrected chi connectivity index (χ3v) is 8.40. The molecule has 4 rings (SSSR count). The third-order valence-electron chi connectivity index (χ3n) is 8.40. The number of hydrogen-bond acceptors (Lipinski definition) is 4. The van der Waals surface area contributed by atoms with Crippen LogP contribution >= 0.6 is 0 Å². The number of fused-ring (bicyclic) bond motifs is 5. The zero-order chi connectivity index (χ0) is 20.1. The first kappa shape index (κ1) is 19.6. The molecule has 0 amide bonds. The van der Waals surface area contributed by atoms with E-state index in [0.717, 1.165) is 44.9 Å². The summed E-state index contributed by atoms with van der Waals surface area (Å²) in [7, 11) is 0. The number of hydrogen-bond donors (Lipinski definition) is 0. The SMILES string of the molecule is C#C[C@@]1(OC(C)=O)CC[C@H]2[C@@H]3CCC4=C[C@@H](OC(C)=O)CC[C@@H]4[C@H]3CC[C@@]21C. The lowest BCUT2D eigenvalue weighted by Gasteiger charge is -2.55. The van der Waals surface area contributed by atoms with Gasteiger partial charge in [0.05, 0.1) is 0 Å². The Morgan fingerprint density at radius 2 is 1.86 bits per heavy atom. The molecular formula is C24H32O4. The van der Waals surface area contributed by atoms with E-state index in [-0.39, 0.29) is 23.5 Å². The molecule has 4 heteroatoms. The number of terminal acetylenes is 1. The second-order valence-electron chi connectivity index (χ2n) is 9.61. The number of ether oxygens (including phenoxy) is 2. The summed E-state index contributed by atoms with van der Waals surface area (Å²) in [5.74, 6) is 4.94. The topological polar surface area (TPSA) is 52.6 Å². The summed E-state index contributed by atoms with van der Waals surface area (Å²) < 4.78 is 11.3. The Bertz CT molecular complexity index is 746. The van der Waals surface area contributed by atoms with E-state index in [1.165, 1.54) is 25.8 Å². The van der Waals surface area contributed by atoms with Gasteiger partial charge in [-0.15, -0.1) is 6.42 Å². The van der Waals surface area contributed by atoms with E-state index in [1.807, 2.05) is 0 Å². The summed E-state index contributed by atoms with van der Waals surface area (Å²) in [5, 5.41) is 0. The van der Waals surface area contributed by atoms with Gasteiger partial charge < -0.3 is 9.47 Å². The van der Waals surface area contributed by atoms with Crippen LogP contribution in [0.3, 0.4) is 0 Å². The highest BCUT2D eigenvalue weighted by molar-refractivity contribution is 5.67. The highest BCUT2D eigenvalue weighted by Crippen LogP contribution is 2.65. The van der Waals surface area contributed by atoms with Crippen molar-refractivity contribution in [3.8, 4) is 12.3 Å². The smallest absolute Gasteiger partial charge is 0.304 e. The summed E-state index contributed by atoms with van der Waals surface area (Å²) >= 11 is 0. The van der Waals surface area contributed by atoms with Crippen LogP contribution in [0, 0.1) is 41.4 Å². The van der Waals surface area contributed by atoms with Crippen molar-refractivity contribution in [1.82, 2.24) is 0 Å². The van der Waals surface area contributed by atoms with Gasteiger partial charge in [-0.05, 0) is 81.1 Å². The molecule has 4 nitrogen and oxygen atoms in total. The molecule has 7 atom stereocenters. The Morgan fingerprint density at radius 1 is 1.07 bits per heavy atom. The number of allylic oxidation sites excluding steroid dienone is 1. The minimum absolute atomic E-state index is 0.0429. The molecule has 0 N–H and O–H groups in total. The summed E-state index contributed by atoms with van der Waals surface area (Å²) in [6.45, 7) is 5.23. The van der Waals surface area contributed by atoms with Crippen molar-refractivity contribution >= 4 is 11.9 Å². The highest BCUT2D eigenvalue weighted by atomic mass is 16.6. The highest BCUT2D eigenvalue weighted by Gasteiger charge is 2.64. The lowest BCUT2D eigenvalue weighted by atomic mass is 9.50. The fourth-order valence-electron chi connectivity index (χ4n) is 7.28. The van der Waals surface area contributed by atoms with Crippen molar-refractivity contribution in [2.75, 3.05) is 0 Å². The van der Waals surface area contributed by atoms with Crippen LogP contribution in [0.1, 0.15) is 72.1 Å². The minimum atomic E-state index is -0.739. The van der Waals surface area contributed by atoms with Gasteiger partial charge in [-0.3, -0.25) is 9.59 Å². The molecule has 4 aliphatic rings. The second kappa shape index (κ2) is 6.94. The van der Waals surface area contributed by atoms with E-state index in [0.29, 0.717) is 23.7 Å². The lowest BCUT2D eigenvalue weighted by molar-refractivity contribution is -0.167. The predicted molar refractivity (Wildman–Crippen MR) is 106 cm³/mol. The summed E-state index contributed by atoms with van der Waals surface area (Å²) in [6.07, 6.45) is 16.5. The first-order valence-electron chi connectivity index (χ1n) is 10.8. The zero-order valence-corrected chi connectivity index (χ0v) is 17.3. The first-order chi connectivity index (χ1) is 13.3. The van der Waals surface area contributed by atoms with Gasteiger partial charge in [0, 0.05) is 19.3 Å². The molecule has 0 saturated heterocycles. The third kappa shape index (κ3) is 2.90. The molecule has 0 aromatic heterocycles. The molecule has 3 saturated carbocycles. The molecule has 0 aliphatic heterocycles. The van der Waals surface area contributed by atoms with Gasteiger partial charge in [-0.2, -0.15) is 0 Å². The second-order valence-corrected chi connectivity index (χ2v) is 9.61. The molecular weight excluding hydrogens is 352 g/mol. The van der Waals surface area contributed by atoms with Crippen LogP contribution in [0.5, 0.6) is 0 Å². The predicted octanol–water partition coefficient (Wildman–Crippen LogP) is 4.43. The number of carbonyl (C=O) groups is 2. The van der Waals surface area contributed by atoms with Crippen LogP contribution in [0.4, 0.5) is 0 Å². The minimum Gasteiger partial charge on any atom is -0.458 e. The molecule has 3 fully saturated rings. The maximum Gasteiger partial charge on any atom is 0.304 e. The van der Waals surface area contributed by atoms with E-state index in [1.54, 1.807) is 0 Å². The van der Waals surface area contributed by atoms with E-state index in [4.69, 9.17) is 15.9 Å². The molecule has 0 bridgehead atoms. The largest absolute Gasteiger partial charge is 0.458 e. The van der Waals surface area contributed by atoms with Gasteiger partial charge >= 0.3 is 11.9 Å². The first-order valence-corrected chi connectivity index (χ1v) is 10.8. The standard InChI is InChI=1S/C24H32O4/c1-5-24(28-16(3)26)13-11-22-21-8-6-17-14-18(27-15(2)25)7-9-19(17)20(21)10-12-23(22,24)4/h1,14,18-22H,6-13H2,2-4H3/t18-,19-,20+,21+,22-,23-,24+/m0/s1. The van der Waals surface area contributed by atoms with Crippen molar-refractivity contribution in [3.05, 3.63) is 11.6 Å². The van der Waals surface area contributed by atoms with E-state index in [2.05, 4.69) is 18.9 Å². The zero-order valence-electron chi connectivity index (χ0n) is 17.3. The van der Waals surface area contributed by atoms with Crippen LogP contribution < -0.4 is 0 Å². The molecule has 28 heavy (non-hydrogen) atoms. The Labute approximate surface area is 168 Å². The fourth-order valence-corrected chi connectivity index (χ4v) is 7.28. The lowest BCUT2D eigenvalue weighted by Crippen LogP contribution is -2.53. The van der Waals surface area contributed by atoms with Gasteiger partial charge in [0.1, 0.15) is 6.10 Å². The average molecular weight is 385 g/mol. The molecule has 0 unspecified atom stereocenters. The monoisotopic (exact) mass is 384 g/mol. The van der Waals surface area contributed by atoms with Crippen molar-refractivity contribution in [1.29, 1.82) is 0 Å². The molecule has 0 aromatic rings. The fraction of sp³-hybridized carbons (Fsp3) is 0.750. The van der Waals surface area contributed by atoms with Gasteiger partial charge in [-0.25, -0.2) is 0 Å². The Hall–Kier alpha value is -1.76. The van der Waals surface area contributed by atoms with Crippen molar-refractivity contribution in [2.24, 2.45) is 29.1 Å². The molecule has 4 aliphatic carbocycles. The maximum atomic E-state index is 11.8. The van der Waals surface area contributed by atoms with E-state index < -0.39 is 5.60 Å². The number of rotatable bonds is 2. The van der Waals surface area contributed by atoms with Gasteiger partial charge in [0.2, 0.25) is 0 Å². The van der Waals surface area contributed by atoms with Crippen LogP contribution in [0.2, 0.25) is 0 Å².